The van der Waals surface area contributed by atoms with Crippen molar-refractivity contribution < 1.29 is 0 Å². The summed E-state index contributed by atoms with van der Waals surface area (Å²) in [5.41, 5.74) is 0. The summed E-state index contributed by atoms with van der Waals surface area (Å²) in [4.78, 5) is 2.56. The molecule has 0 saturated carbocycles. The van der Waals surface area contributed by atoms with Gasteiger partial charge in [0.2, 0.25) is 0 Å². The lowest BCUT2D eigenvalue weighted by atomic mass is 10.0. The summed E-state index contributed by atoms with van der Waals surface area (Å²) in [6, 6.07) is 0.747. The monoisotopic (exact) mass is 198 g/mol. The van der Waals surface area contributed by atoms with Crippen LogP contribution in [0.2, 0.25) is 0 Å². The third-order valence-corrected chi connectivity index (χ3v) is 2.92. The van der Waals surface area contributed by atoms with E-state index in [4.69, 9.17) is 0 Å². The molecule has 1 saturated heterocycles. The summed E-state index contributed by atoms with van der Waals surface area (Å²) in [7, 11) is 0. The number of hydrogen-bond acceptors (Lipinski definition) is 2. The molecule has 1 N–H and O–H groups in total. The van der Waals surface area contributed by atoms with E-state index in [1.54, 1.807) is 0 Å². The molecular formula is C12H26N2. The van der Waals surface area contributed by atoms with Crippen LogP contribution in [0.1, 0.15) is 46.5 Å². The second-order valence-electron chi connectivity index (χ2n) is 4.97. The van der Waals surface area contributed by atoms with Crippen molar-refractivity contribution in [3.05, 3.63) is 0 Å². The molecule has 0 aromatic carbocycles. The van der Waals surface area contributed by atoms with Gasteiger partial charge in [0.15, 0.2) is 0 Å². The van der Waals surface area contributed by atoms with Gasteiger partial charge < -0.3 is 5.32 Å². The number of rotatable bonds is 6. The molecule has 0 spiro atoms. The molecule has 1 heterocycles. The summed E-state index contributed by atoms with van der Waals surface area (Å²) >= 11 is 0. The highest BCUT2D eigenvalue weighted by Gasteiger charge is 2.21. The summed E-state index contributed by atoms with van der Waals surface area (Å²) < 4.78 is 0. The van der Waals surface area contributed by atoms with E-state index in [-0.39, 0.29) is 0 Å². The molecule has 0 aromatic rings. The minimum atomic E-state index is 0.747. The summed E-state index contributed by atoms with van der Waals surface area (Å²) in [6.07, 6.45) is 5.40. The maximum atomic E-state index is 3.59. The first kappa shape index (κ1) is 12.0. The van der Waals surface area contributed by atoms with Gasteiger partial charge in [0.05, 0.1) is 0 Å². The molecule has 14 heavy (non-hydrogen) atoms. The van der Waals surface area contributed by atoms with Crippen molar-refractivity contribution in [2.24, 2.45) is 5.92 Å². The van der Waals surface area contributed by atoms with Crippen molar-refractivity contribution in [1.29, 1.82) is 0 Å². The van der Waals surface area contributed by atoms with Crippen molar-refractivity contribution in [3.8, 4) is 0 Å². The Hall–Kier alpha value is -0.0800. The molecule has 1 atom stereocenters. The van der Waals surface area contributed by atoms with Crippen LogP contribution in [0.15, 0.2) is 0 Å². The molecule has 0 aromatic heterocycles. The van der Waals surface area contributed by atoms with E-state index >= 15 is 0 Å². The lowest BCUT2D eigenvalue weighted by Crippen LogP contribution is -2.25. The van der Waals surface area contributed by atoms with Gasteiger partial charge in [-0.15, -0.1) is 0 Å². The SMILES string of the molecule is CCCCCN1CNC(CC(C)C)C1. The molecule has 1 unspecified atom stereocenters. The molecular weight excluding hydrogens is 172 g/mol. The number of nitrogens with one attached hydrogen (secondary N) is 1. The molecule has 0 bridgehead atoms. The minimum Gasteiger partial charge on any atom is -0.300 e. The maximum absolute atomic E-state index is 3.59. The zero-order valence-electron chi connectivity index (χ0n) is 10.1. The Morgan fingerprint density at radius 2 is 2.14 bits per heavy atom. The van der Waals surface area contributed by atoms with Gasteiger partial charge in [-0.2, -0.15) is 0 Å². The first-order chi connectivity index (χ1) is 6.72. The van der Waals surface area contributed by atoms with Crippen LogP contribution in [-0.2, 0) is 0 Å². The van der Waals surface area contributed by atoms with Gasteiger partial charge in [-0.1, -0.05) is 33.6 Å². The van der Waals surface area contributed by atoms with Crippen LogP contribution in [-0.4, -0.2) is 30.7 Å². The van der Waals surface area contributed by atoms with Crippen LogP contribution < -0.4 is 5.32 Å². The van der Waals surface area contributed by atoms with Crippen LogP contribution in [0, 0.1) is 5.92 Å². The predicted octanol–water partition coefficient (Wildman–Crippen LogP) is 2.45. The van der Waals surface area contributed by atoms with Crippen LogP contribution >= 0.6 is 0 Å². The zero-order chi connectivity index (χ0) is 10.4. The van der Waals surface area contributed by atoms with Crippen molar-refractivity contribution >= 4 is 0 Å². The maximum Gasteiger partial charge on any atom is 0.0483 e. The van der Waals surface area contributed by atoms with Gasteiger partial charge in [-0.05, 0) is 25.3 Å². The third-order valence-electron chi connectivity index (χ3n) is 2.92. The Kier molecular flexibility index (Phi) is 5.49. The zero-order valence-corrected chi connectivity index (χ0v) is 10.1. The third kappa shape index (κ3) is 4.43. The van der Waals surface area contributed by atoms with E-state index in [9.17, 15) is 0 Å². The Morgan fingerprint density at radius 1 is 1.36 bits per heavy atom. The van der Waals surface area contributed by atoms with E-state index in [1.165, 1.54) is 38.8 Å². The fourth-order valence-corrected chi connectivity index (χ4v) is 2.18. The molecule has 2 nitrogen and oxygen atoms in total. The second kappa shape index (κ2) is 6.41. The minimum absolute atomic E-state index is 0.747. The quantitative estimate of drug-likeness (QED) is 0.660. The van der Waals surface area contributed by atoms with Gasteiger partial charge in [-0.25, -0.2) is 0 Å². The molecule has 84 valence electrons. The number of hydrogen-bond donors (Lipinski definition) is 1. The molecule has 1 rings (SSSR count). The lowest BCUT2D eigenvalue weighted by Gasteiger charge is -2.15. The Balaban J connectivity index is 2.08. The number of unbranched alkanes of at least 4 members (excludes halogenated alkanes) is 2. The van der Waals surface area contributed by atoms with E-state index in [2.05, 4.69) is 31.0 Å². The van der Waals surface area contributed by atoms with E-state index < -0.39 is 0 Å². The average molecular weight is 198 g/mol. The molecule has 0 radical (unpaired) electrons. The standard InChI is InChI=1S/C12H26N2/c1-4-5-6-7-14-9-12(13-10-14)8-11(2)3/h11-13H,4-10H2,1-3H3. The van der Waals surface area contributed by atoms with Crippen LogP contribution in [0.4, 0.5) is 0 Å². The van der Waals surface area contributed by atoms with Gasteiger partial charge in [-0.3, -0.25) is 4.90 Å². The van der Waals surface area contributed by atoms with Crippen LogP contribution in [0.3, 0.4) is 0 Å². The summed E-state index contributed by atoms with van der Waals surface area (Å²) in [5, 5.41) is 3.59. The highest BCUT2D eigenvalue weighted by atomic mass is 15.3. The van der Waals surface area contributed by atoms with Crippen molar-refractivity contribution in [3.63, 3.8) is 0 Å². The smallest absolute Gasteiger partial charge is 0.0483 e. The highest BCUT2D eigenvalue weighted by Crippen LogP contribution is 2.11. The molecule has 0 aliphatic carbocycles. The summed E-state index contributed by atoms with van der Waals surface area (Å²) in [5.74, 6) is 0.822. The molecule has 1 fully saturated rings. The first-order valence-electron chi connectivity index (χ1n) is 6.18. The van der Waals surface area contributed by atoms with Crippen molar-refractivity contribution in [2.75, 3.05) is 19.8 Å². The second-order valence-corrected chi connectivity index (χ2v) is 4.97. The molecule has 1 aliphatic rings. The van der Waals surface area contributed by atoms with Gasteiger partial charge in [0.25, 0.3) is 0 Å². The molecule has 1 aliphatic heterocycles. The Bertz CT molecular complexity index is 145. The van der Waals surface area contributed by atoms with Crippen molar-refractivity contribution in [1.82, 2.24) is 10.2 Å². The fraction of sp³-hybridized carbons (Fsp3) is 1.00. The summed E-state index contributed by atoms with van der Waals surface area (Å²) in [6.45, 7) is 10.5. The largest absolute Gasteiger partial charge is 0.300 e. The van der Waals surface area contributed by atoms with Gasteiger partial charge in [0, 0.05) is 19.3 Å². The Morgan fingerprint density at radius 3 is 2.79 bits per heavy atom. The highest BCUT2D eigenvalue weighted by molar-refractivity contribution is 4.79. The first-order valence-corrected chi connectivity index (χ1v) is 6.18. The molecule has 0 amide bonds. The van der Waals surface area contributed by atoms with Crippen LogP contribution in [0.25, 0.3) is 0 Å². The predicted molar refractivity (Wildman–Crippen MR) is 62.3 cm³/mol. The van der Waals surface area contributed by atoms with E-state index in [0.717, 1.165) is 18.6 Å². The topological polar surface area (TPSA) is 15.3 Å². The fourth-order valence-electron chi connectivity index (χ4n) is 2.18. The average Bonchev–Trinajstić information content (AvgIpc) is 2.52. The van der Waals surface area contributed by atoms with Gasteiger partial charge in [0.1, 0.15) is 0 Å². The van der Waals surface area contributed by atoms with E-state index in [1.807, 2.05) is 0 Å². The van der Waals surface area contributed by atoms with Gasteiger partial charge >= 0.3 is 0 Å². The lowest BCUT2D eigenvalue weighted by molar-refractivity contribution is 0.318. The molecule has 2 heteroatoms. The number of nitrogens with zero attached hydrogens (tertiary/aromatic N) is 1. The van der Waals surface area contributed by atoms with Crippen molar-refractivity contribution in [2.45, 2.75) is 52.5 Å². The Labute approximate surface area is 89.1 Å². The normalized spacial score (nSPS) is 23.6. The van der Waals surface area contributed by atoms with Crippen LogP contribution in [0.5, 0.6) is 0 Å². The van der Waals surface area contributed by atoms with E-state index in [0.29, 0.717) is 0 Å².